The number of ether oxygens (including phenoxy) is 2. The highest BCUT2D eigenvalue weighted by Crippen LogP contribution is 2.34. The number of esters is 2. The van der Waals surface area contributed by atoms with Crippen molar-refractivity contribution in [1.29, 1.82) is 5.26 Å². The van der Waals surface area contributed by atoms with Gasteiger partial charge in [-0.15, -0.1) is 0 Å². The number of nitrogens with zero attached hydrogens (tertiary/aromatic N) is 1. The maximum atomic E-state index is 10.8. The fourth-order valence-corrected chi connectivity index (χ4v) is 1.61. The van der Waals surface area contributed by atoms with Crippen molar-refractivity contribution in [2.24, 2.45) is 0 Å². The van der Waals surface area contributed by atoms with E-state index in [2.05, 4.69) is 15.9 Å². The molecule has 1 aromatic carbocycles. The van der Waals surface area contributed by atoms with Crippen LogP contribution in [0, 0.1) is 11.3 Å². The van der Waals surface area contributed by atoms with Crippen LogP contribution in [0.15, 0.2) is 16.6 Å². The Bertz CT molecular complexity index is 519. The minimum absolute atomic E-state index is 0.0963. The van der Waals surface area contributed by atoms with Gasteiger partial charge < -0.3 is 9.47 Å². The van der Waals surface area contributed by atoms with Crippen LogP contribution in [0.4, 0.5) is 0 Å². The minimum Gasteiger partial charge on any atom is -0.425 e. The molecule has 0 aliphatic rings. The van der Waals surface area contributed by atoms with Crippen LogP contribution in [-0.4, -0.2) is 11.9 Å². The molecular formula is C11H8BrNO4. The van der Waals surface area contributed by atoms with Crippen LogP contribution >= 0.6 is 15.9 Å². The Balaban J connectivity index is 3.23. The lowest BCUT2D eigenvalue weighted by Gasteiger charge is -2.09. The lowest BCUT2D eigenvalue weighted by atomic mass is 10.2. The largest absolute Gasteiger partial charge is 0.425 e. The standard InChI is InChI=1S/C11H8BrNO4/c1-6(14)16-9-3-4-10(17-7(2)15)11(12)8(9)5-13/h3-4H,1-2H3. The molecule has 0 radical (unpaired) electrons. The normalized spacial score (nSPS) is 9.29. The molecule has 0 spiro atoms. The maximum Gasteiger partial charge on any atom is 0.308 e. The predicted octanol–water partition coefficient (Wildman–Crippen LogP) is 2.17. The van der Waals surface area contributed by atoms with Gasteiger partial charge in [-0.3, -0.25) is 9.59 Å². The lowest BCUT2D eigenvalue weighted by molar-refractivity contribution is -0.133. The predicted molar refractivity (Wildman–Crippen MR) is 61.5 cm³/mol. The highest BCUT2D eigenvalue weighted by molar-refractivity contribution is 9.10. The Morgan fingerprint density at radius 3 is 2.12 bits per heavy atom. The molecule has 1 rings (SSSR count). The molecule has 17 heavy (non-hydrogen) atoms. The second-order valence-electron chi connectivity index (χ2n) is 3.05. The monoisotopic (exact) mass is 297 g/mol. The van der Waals surface area contributed by atoms with E-state index in [-0.39, 0.29) is 21.5 Å². The van der Waals surface area contributed by atoms with Gasteiger partial charge in [0.2, 0.25) is 0 Å². The molecule has 0 saturated heterocycles. The fraction of sp³-hybridized carbons (Fsp3) is 0.182. The smallest absolute Gasteiger partial charge is 0.308 e. The van der Waals surface area contributed by atoms with Gasteiger partial charge in [-0.25, -0.2) is 0 Å². The highest BCUT2D eigenvalue weighted by Gasteiger charge is 2.15. The maximum absolute atomic E-state index is 10.8. The number of hydrogen-bond acceptors (Lipinski definition) is 5. The molecule has 0 bridgehead atoms. The van der Waals surface area contributed by atoms with Crippen molar-refractivity contribution in [3.05, 3.63) is 22.2 Å². The van der Waals surface area contributed by atoms with Gasteiger partial charge in [-0.05, 0) is 28.1 Å². The molecule has 0 N–H and O–H groups in total. The van der Waals surface area contributed by atoms with E-state index in [1.165, 1.54) is 26.0 Å². The molecule has 0 amide bonds. The molecule has 0 aromatic heterocycles. The first kappa shape index (κ1) is 13.2. The van der Waals surface area contributed by atoms with Gasteiger partial charge in [0.25, 0.3) is 0 Å². The number of rotatable bonds is 2. The zero-order chi connectivity index (χ0) is 13.0. The van der Waals surface area contributed by atoms with Gasteiger partial charge in [0.05, 0.1) is 4.47 Å². The zero-order valence-electron chi connectivity index (χ0n) is 9.11. The first-order valence-corrected chi connectivity index (χ1v) is 5.34. The van der Waals surface area contributed by atoms with Gasteiger partial charge in [-0.1, -0.05) is 0 Å². The van der Waals surface area contributed by atoms with Crippen LogP contribution in [0.25, 0.3) is 0 Å². The third kappa shape index (κ3) is 3.29. The topological polar surface area (TPSA) is 76.4 Å². The van der Waals surface area contributed by atoms with Crippen LogP contribution in [-0.2, 0) is 9.59 Å². The van der Waals surface area contributed by atoms with Crippen molar-refractivity contribution >= 4 is 27.9 Å². The molecule has 88 valence electrons. The van der Waals surface area contributed by atoms with E-state index in [0.29, 0.717) is 0 Å². The van der Waals surface area contributed by atoms with Crippen LogP contribution < -0.4 is 9.47 Å². The summed E-state index contributed by atoms with van der Waals surface area (Å²) >= 11 is 3.12. The number of nitriles is 1. The number of carbonyl (C=O) groups is 2. The summed E-state index contributed by atoms with van der Waals surface area (Å²) in [7, 11) is 0. The molecule has 0 atom stereocenters. The molecule has 0 aliphatic heterocycles. The van der Waals surface area contributed by atoms with E-state index >= 15 is 0 Å². The Morgan fingerprint density at radius 2 is 1.65 bits per heavy atom. The molecule has 0 fully saturated rings. The van der Waals surface area contributed by atoms with E-state index < -0.39 is 11.9 Å². The van der Waals surface area contributed by atoms with Crippen molar-refractivity contribution in [3.63, 3.8) is 0 Å². The van der Waals surface area contributed by atoms with Gasteiger partial charge in [-0.2, -0.15) is 5.26 Å². The Morgan fingerprint density at radius 1 is 1.18 bits per heavy atom. The third-order valence-electron chi connectivity index (χ3n) is 1.69. The SMILES string of the molecule is CC(=O)Oc1ccc(OC(C)=O)c(C#N)c1Br. The van der Waals surface area contributed by atoms with E-state index in [0.717, 1.165) is 0 Å². The lowest BCUT2D eigenvalue weighted by Crippen LogP contribution is -2.06. The Labute approximate surface area is 106 Å². The number of halogens is 1. The summed E-state index contributed by atoms with van der Waals surface area (Å²) in [4.78, 5) is 21.6. The second-order valence-corrected chi connectivity index (χ2v) is 3.84. The fourth-order valence-electron chi connectivity index (χ4n) is 1.12. The zero-order valence-corrected chi connectivity index (χ0v) is 10.7. The van der Waals surface area contributed by atoms with E-state index in [9.17, 15) is 9.59 Å². The molecule has 0 aliphatic carbocycles. The molecule has 6 heteroatoms. The first-order valence-electron chi connectivity index (χ1n) is 4.55. The van der Waals surface area contributed by atoms with Crippen LogP contribution in [0.1, 0.15) is 19.4 Å². The van der Waals surface area contributed by atoms with Gasteiger partial charge in [0, 0.05) is 13.8 Å². The molecule has 0 heterocycles. The molecular weight excluding hydrogens is 290 g/mol. The summed E-state index contributed by atoms with van der Waals surface area (Å²) in [5.41, 5.74) is 0.0963. The molecule has 5 nitrogen and oxygen atoms in total. The number of carbonyl (C=O) groups excluding carboxylic acids is 2. The first-order chi connectivity index (χ1) is 7.95. The summed E-state index contributed by atoms with van der Waals surface area (Å²) in [6, 6.07) is 4.69. The number of benzene rings is 1. The molecule has 1 aromatic rings. The summed E-state index contributed by atoms with van der Waals surface area (Å²) < 4.78 is 9.99. The summed E-state index contributed by atoms with van der Waals surface area (Å²) in [6.45, 7) is 2.48. The molecule has 0 unspecified atom stereocenters. The second kappa shape index (κ2) is 5.46. The van der Waals surface area contributed by atoms with Crippen molar-refractivity contribution in [3.8, 4) is 17.6 Å². The quantitative estimate of drug-likeness (QED) is 0.617. The Kier molecular flexibility index (Phi) is 4.24. The highest BCUT2D eigenvalue weighted by atomic mass is 79.9. The average molecular weight is 298 g/mol. The third-order valence-corrected chi connectivity index (χ3v) is 2.47. The van der Waals surface area contributed by atoms with E-state index in [4.69, 9.17) is 14.7 Å². The summed E-state index contributed by atoms with van der Waals surface area (Å²) in [5, 5.41) is 8.96. The van der Waals surface area contributed by atoms with Gasteiger partial charge in [0.15, 0.2) is 0 Å². The van der Waals surface area contributed by atoms with Crippen molar-refractivity contribution < 1.29 is 19.1 Å². The van der Waals surface area contributed by atoms with Crippen molar-refractivity contribution in [2.45, 2.75) is 13.8 Å². The summed E-state index contributed by atoms with van der Waals surface area (Å²) in [6.07, 6.45) is 0. The van der Waals surface area contributed by atoms with E-state index in [1.807, 2.05) is 6.07 Å². The van der Waals surface area contributed by atoms with Crippen molar-refractivity contribution in [2.75, 3.05) is 0 Å². The van der Waals surface area contributed by atoms with Gasteiger partial charge >= 0.3 is 11.9 Å². The van der Waals surface area contributed by atoms with Gasteiger partial charge in [0.1, 0.15) is 23.1 Å². The van der Waals surface area contributed by atoms with Crippen molar-refractivity contribution in [1.82, 2.24) is 0 Å². The Hall–Kier alpha value is -1.87. The van der Waals surface area contributed by atoms with Crippen LogP contribution in [0.3, 0.4) is 0 Å². The van der Waals surface area contributed by atoms with E-state index in [1.54, 1.807) is 0 Å². The average Bonchev–Trinajstić information content (AvgIpc) is 2.21. The number of hydrogen-bond donors (Lipinski definition) is 0. The minimum atomic E-state index is -0.534. The summed E-state index contributed by atoms with van der Waals surface area (Å²) in [5.74, 6) is -0.726. The van der Waals surface area contributed by atoms with Crippen LogP contribution in [0.5, 0.6) is 11.5 Å². The molecule has 0 saturated carbocycles. The van der Waals surface area contributed by atoms with Crippen LogP contribution in [0.2, 0.25) is 0 Å².